The molecule has 3 aliphatic heterocycles. The Morgan fingerprint density at radius 1 is 1.26 bits per heavy atom. The lowest BCUT2D eigenvalue weighted by Crippen LogP contribution is -2.54. The molecule has 34 heavy (non-hydrogen) atoms. The SMILES string of the molecule is CCOC(=O)[C@H]1[C@@H]2OC3(CC2Br)C(C(=O)Nc2ccc4ccccc4c2)N(CCCO)C(=O)[C@H]13. The Bertz CT molecular complexity index is 1140. The van der Waals surface area contributed by atoms with Crippen LogP contribution in [-0.4, -0.2) is 70.1 Å². The lowest BCUT2D eigenvalue weighted by atomic mass is 9.70. The van der Waals surface area contributed by atoms with Gasteiger partial charge in [0.1, 0.15) is 11.6 Å². The van der Waals surface area contributed by atoms with Gasteiger partial charge in [-0.1, -0.05) is 46.3 Å². The Kier molecular flexibility index (Phi) is 6.12. The van der Waals surface area contributed by atoms with Crippen molar-refractivity contribution in [3.05, 3.63) is 42.5 Å². The Balaban J connectivity index is 1.50. The number of benzene rings is 2. The number of aliphatic hydroxyl groups is 1. The summed E-state index contributed by atoms with van der Waals surface area (Å²) in [4.78, 5) is 41.5. The molecule has 3 fully saturated rings. The standard InChI is InChI=1S/C25H27BrN2O6/c1-2-33-24(32)18-19-23(31)28(10-5-11-29)21(25(19)13-17(26)20(18)34-25)22(30)27-16-9-8-14-6-3-4-7-15(14)12-16/h3-4,6-9,12,17-21,29H,2,5,10-11,13H2,1H3,(H,27,30)/t17?,18-,19+,20-,21?,25?/m1/s1. The molecular weight excluding hydrogens is 504 g/mol. The van der Waals surface area contributed by atoms with Gasteiger partial charge in [0, 0.05) is 23.7 Å². The van der Waals surface area contributed by atoms with Crippen molar-refractivity contribution in [3.63, 3.8) is 0 Å². The Morgan fingerprint density at radius 3 is 2.76 bits per heavy atom. The number of hydrogen-bond acceptors (Lipinski definition) is 6. The molecule has 3 aliphatic rings. The minimum atomic E-state index is -1.14. The number of halogens is 1. The second-order valence-electron chi connectivity index (χ2n) is 9.08. The molecule has 3 unspecified atom stereocenters. The third-order valence-electron chi connectivity index (χ3n) is 7.17. The van der Waals surface area contributed by atoms with E-state index in [4.69, 9.17) is 9.47 Å². The first-order valence-electron chi connectivity index (χ1n) is 11.6. The number of aliphatic hydroxyl groups excluding tert-OH is 1. The van der Waals surface area contributed by atoms with Crippen LogP contribution in [0.5, 0.6) is 0 Å². The van der Waals surface area contributed by atoms with Crippen LogP contribution >= 0.6 is 15.9 Å². The van der Waals surface area contributed by atoms with E-state index < -0.39 is 35.6 Å². The molecule has 180 valence electrons. The molecule has 3 saturated heterocycles. The molecule has 0 aliphatic carbocycles. The number of rotatable bonds is 7. The summed E-state index contributed by atoms with van der Waals surface area (Å²) in [6, 6.07) is 12.6. The number of nitrogens with zero attached hydrogens (tertiary/aromatic N) is 1. The number of anilines is 1. The second-order valence-corrected chi connectivity index (χ2v) is 10.3. The number of amides is 2. The molecule has 6 atom stereocenters. The fourth-order valence-corrected chi connectivity index (χ4v) is 6.84. The molecule has 0 saturated carbocycles. The molecule has 2 amide bonds. The zero-order valence-corrected chi connectivity index (χ0v) is 20.4. The van der Waals surface area contributed by atoms with E-state index >= 15 is 0 Å². The molecule has 8 nitrogen and oxygen atoms in total. The first-order chi connectivity index (χ1) is 16.4. The number of esters is 1. The van der Waals surface area contributed by atoms with Gasteiger partial charge < -0.3 is 24.8 Å². The van der Waals surface area contributed by atoms with Crippen LogP contribution in [0.2, 0.25) is 0 Å². The van der Waals surface area contributed by atoms with Gasteiger partial charge in [-0.05, 0) is 42.7 Å². The summed E-state index contributed by atoms with van der Waals surface area (Å²) >= 11 is 3.62. The number of hydrogen-bond donors (Lipinski definition) is 2. The van der Waals surface area contributed by atoms with Crippen LogP contribution in [0.4, 0.5) is 5.69 Å². The van der Waals surface area contributed by atoms with Gasteiger partial charge in [0.25, 0.3) is 0 Å². The fourth-order valence-electron chi connectivity index (χ4n) is 5.90. The maximum atomic E-state index is 13.7. The third-order valence-corrected chi connectivity index (χ3v) is 8.02. The highest BCUT2D eigenvalue weighted by atomic mass is 79.9. The van der Waals surface area contributed by atoms with Gasteiger partial charge >= 0.3 is 5.97 Å². The number of fused-ring (bicyclic) bond motifs is 2. The van der Waals surface area contributed by atoms with Gasteiger partial charge in [0.05, 0.1) is 24.5 Å². The largest absolute Gasteiger partial charge is 0.466 e. The average Bonchev–Trinajstić information content (AvgIpc) is 3.41. The smallest absolute Gasteiger partial charge is 0.312 e. The first-order valence-corrected chi connectivity index (χ1v) is 12.5. The van der Waals surface area contributed by atoms with E-state index in [0.29, 0.717) is 18.5 Å². The molecule has 3 heterocycles. The van der Waals surface area contributed by atoms with Crippen molar-refractivity contribution in [2.75, 3.05) is 25.1 Å². The van der Waals surface area contributed by atoms with Crippen LogP contribution in [0.1, 0.15) is 19.8 Å². The molecular formula is C25H27BrN2O6. The Morgan fingerprint density at radius 2 is 2.03 bits per heavy atom. The van der Waals surface area contributed by atoms with Gasteiger partial charge in [-0.3, -0.25) is 14.4 Å². The molecule has 5 rings (SSSR count). The highest BCUT2D eigenvalue weighted by Gasteiger charge is 2.76. The average molecular weight is 531 g/mol. The van der Waals surface area contributed by atoms with Crippen LogP contribution in [0.25, 0.3) is 10.8 Å². The molecule has 0 aromatic heterocycles. The highest BCUT2D eigenvalue weighted by Crippen LogP contribution is 2.60. The van der Waals surface area contributed by atoms with Crippen molar-refractivity contribution in [1.82, 2.24) is 4.90 Å². The van der Waals surface area contributed by atoms with Crippen molar-refractivity contribution in [1.29, 1.82) is 0 Å². The molecule has 2 aromatic rings. The van der Waals surface area contributed by atoms with E-state index in [0.717, 1.165) is 10.8 Å². The number of carbonyl (C=O) groups excluding carboxylic acids is 3. The molecule has 9 heteroatoms. The van der Waals surface area contributed by atoms with Crippen LogP contribution in [0.15, 0.2) is 42.5 Å². The van der Waals surface area contributed by atoms with Crippen LogP contribution < -0.4 is 5.32 Å². The van der Waals surface area contributed by atoms with E-state index in [1.54, 1.807) is 6.92 Å². The van der Waals surface area contributed by atoms with Crippen molar-refractivity contribution in [2.45, 2.75) is 42.3 Å². The third kappa shape index (κ3) is 3.52. The normalized spacial score (nSPS) is 31.7. The number of alkyl halides is 1. The molecule has 0 radical (unpaired) electrons. The lowest BCUT2D eigenvalue weighted by molar-refractivity contribution is -0.154. The summed E-state index contributed by atoms with van der Waals surface area (Å²) in [7, 11) is 0. The summed E-state index contributed by atoms with van der Waals surface area (Å²) < 4.78 is 11.6. The number of nitrogens with one attached hydrogen (secondary N) is 1. The maximum absolute atomic E-state index is 13.7. The lowest BCUT2D eigenvalue weighted by Gasteiger charge is -2.34. The minimum Gasteiger partial charge on any atom is -0.466 e. The van der Waals surface area contributed by atoms with Crippen molar-refractivity contribution >= 4 is 50.2 Å². The van der Waals surface area contributed by atoms with E-state index in [9.17, 15) is 19.5 Å². The summed E-state index contributed by atoms with van der Waals surface area (Å²) in [5.41, 5.74) is -0.521. The molecule has 1 spiro atoms. The number of likely N-dealkylation sites (tertiary alicyclic amines) is 1. The number of carbonyl (C=O) groups is 3. The molecule has 2 bridgehead atoms. The summed E-state index contributed by atoms with van der Waals surface area (Å²) in [6.45, 7) is 1.99. The first kappa shape index (κ1) is 23.3. The summed E-state index contributed by atoms with van der Waals surface area (Å²) in [6.07, 6.45) is 0.207. The van der Waals surface area contributed by atoms with Gasteiger partial charge in [-0.15, -0.1) is 0 Å². The van der Waals surface area contributed by atoms with Gasteiger partial charge in [-0.2, -0.15) is 0 Å². The van der Waals surface area contributed by atoms with Crippen molar-refractivity contribution in [2.24, 2.45) is 11.8 Å². The fraction of sp³-hybridized carbons (Fsp3) is 0.480. The minimum absolute atomic E-state index is 0.119. The second kappa shape index (κ2) is 8.94. The van der Waals surface area contributed by atoms with E-state index in [1.165, 1.54) is 4.90 Å². The topological polar surface area (TPSA) is 105 Å². The highest BCUT2D eigenvalue weighted by molar-refractivity contribution is 9.09. The Labute approximate surface area is 205 Å². The van der Waals surface area contributed by atoms with E-state index in [-0.39, 0.29) is 36.4 Å². The predicted molar refractivity (Wildman–Crippen MR) is 128 cm³/mol. The summed E-state index contributed by atoms with van der Waals surface area (Å²) in [5.74, 6) is -2.72. The van der Waals surface area contributed by atoms with Gasteiger partial charge in [0.2, 0.25) is 11.8 Å². The van der Waals surface area contributed by atoms with Crippen LogP contribution in [0.3, 0.4) is 0 Å². The van der Waals surface area contributed by atoms with E-state index in [1.807, 2.05) is 42.5 Å². The summed E-state index contributed by atoms with van der Waals surface area (Å²) in [5, 5.41) is 14.4. The zero-order valence-electron chi connectivity index (χ0n) is 18.8. The van der Waals surface area contributed by atoms with Crippen molar-refractivity contribution in [3.8, 4) is 0 Å². The van der Waals surface area contributed by atoms with E-state index in [2.05, 4.69) is 21.2 Å². The van der Waals surface area contributed by atoms with Crippen LogP contribution in [-0.2, 0) is 23.9 Å². The van der Waals surface area contributed by atoms with Crippen molar-refractivity contribution < 1.29 is 29.0 Å². The van der Waals surface area contributed by atoms with Gasteiger partial charge in [-0.25, -0.2) is 0 Å². The quantitative estimate of drug-likeness (QED) is 0.420. The monoisotopic (exact) mass is 530 g/mol. The zero-order chi connectivity index (χ0) is 24.0. The van der Waals surface area contributed by atoms with Gasteiger partial charge in [0.15, 0.2) is 0 Å². The number of ether oxygens (including phenoxy) is 2. The molecule has 2 aromatic carbocycles. The predicted octanol–water partition coefficient (Wildman–Crippen LogP) is 2.47. The maximum Gasteiger partial charge on any atom is 0.312 e. The van der Waals surface area contributed by atoms with Crippen LogP contribution in [0, 0.1) is 11.8 Å². The Hall–Kier alpha value is -2.49. The molecule has 2 N–H and O–H groups in total.